The second-order valence-corrected chi connectivity index (χ2v) is 8.91. The summed E-state index contributed by atoms with van der Waals surface area (Å²) < 4.78 is 0. The van der Waals surface area contributed by atoms with Crippen LogP contribution in [0.25, 0.3) is 0 Å². The lowest BCUT2D eigenvalue weighted by molar-refractivity contribution is 0.0919. The third-order valence-corrected chi connectivity index (χ3v) is 7.41. The molecule has 6 unspecified atom stereocenters. The minimum atomic E-state index is 0.648. The fraction of sp³-hybridized carbons (Fsp3) is 1.00. The highest BCUT2D eigenvalue weighted by atomic mass is 14.5. The molecule has 4 saturated carbocycles. The van der Waals surface area contributed by atoms with Crippen LogP contribution < -0.4 is 0 Å². The SMILES string of the molecule is CC(C)(CC1CC2CCC1C2)C1CC2CCC1C2. The van der Waals surface area contributed by atoms with E-state index >= 15 is 0 Å². The zero-order valence-electron chi connectivity index (χ0n) is 12.3. The van der Waals surface area contributed by atoms with Gasteiger partial charge in [-0.3, -0.25) is 0 Å². The lowest BCUT2D eigenvalue weighted by atomic mass is 9.65. The van der Waals surface area contributed by atoms with Crippen molar-refractivity contribution in [1.82, 2.24) is 0 Å². The van der Waals surface area contributed by atoms with Crippen LogP contribution in [0.5, 0.6) is 0 Å². The average molecular weight is 246 g/mol. The maximum Gasteiger partial charge on any atom is -0.0320 e. The Morgan fingerprint density at radius 3 is 1.94 bits per heavy atom. The molecule has 0 aromatic heterocycles. The van der Waals surface area contributed by atoms with Crippen molar-refractivity contribution in [3.8, 4) is 0 Å². The standard InChI is InChI=1S/C18H30/c1-18(2,17-10-13-4-6-15(17)8-13)11-16-9-12-3-5-14(16)7-12/h12-17H,3-11H2,1-2H3. The first kappa shape index (κ1) is 11.8. The molecule has 0 nitrogen and oxygen atoms in total. The van der Waals surface area contributed by atoms with Crippen LogP contribution >= 0.6 is 0 Å². The molecule has 4 rings (SSSR count). The number of rotatable bonds is 3. The van der Waals surface area contributed by atoms with Gasteiger partial charge in [0.15, 0.2) is 0 Å². The highest BCUT2D eigenvalue weighted by Crippen LogP contribution is 2.59. The van der Waals surface area contributed by atoms with E-state index in [1.165, 1.54) is 0 Å². The molecular weight excluding hydrogens is 216 g/mol. The largest absolute Gasteiger partial charge is 0.0596 e. The summed E-state index contributed by atoms with van der Waals surface area (Å²) >= 11 is 0. The molecule has 4 aliphatic rings. The first-order valence-corrected chi connectivity index (χ1v) is 8.62. The maximum atomic E-state index is 2.62. The van der Waals surface area contributed by atoms with Crippen LogP contribution in [0.4, 0.5) is 0 Å². The van der Waals surface area contributed by atoms with Crippen LogP contribution in [0.15, 0.2) is 0 Å². The fourth-order valence-electron chi connectivity index (χ4n) is 6.66. The van der Waals surface area contributed by atoms with Gasteiger partial charge in [-0.1, -0.05) is 26.7 Å². The molecule has 4 fully saturated rings. The molecule has 0 aromatic rings. The van der Waals surface area contributed by atoms with E-state index in [9.17, 15) is 0 Å². The Balaban J connectivity index is 1.43. The summed E-state index contributed by atoms with van der Waals surface area (Å²) in [6.07, 6.45) is 14.2. The number of fused-ring (bicyclic) bond motifs is 4. The molecule has 0 amide bonds. The van der Waals surface area contributed by atoms with Crippen molar-refractivity contribution < 1.29 is 0 Å². The zero-order chi connectivity index (χ0) is 12.3. The lowest BCUT2D eigenvalue weighted by Crippen LogP contribution is -2.32. The second kappa shape index (κ2) is 4.00. The van der Waals surface area contributed by atoms with Crippen molar-refractivity contribution in [2.45, 2.75) is 71.6 Å². The molecule has 0 N–H and O–H groups in total. The van der Waals surface area contributed by atoms with Crippen LogP contribution in [0.1, 0.15) is 71.6 Å². The van der Waals surface area contributed by atoms with E-state index < -0.39 is 0 Å². The Morgan fingerprint density at radius 1 is 0.778 bits per heavy atom. The maximum absolute atomic E-state index is 2.62. The number of hydrogen-bond donors (Lipinski definition) is 0. The van der Waals surface area contributed by atoms with Gasteiger partial charge in [0.2, 0.25) is 0 Å². The van der Waals surface area contributed by atoms with E-state index in [0.29, 0.717) is 5.41 Å². The van der Waals surface area contributed by atoms with E-state index in [0.717, 1.165) is 35.5 Å². The minimum absolute atomic E-state index is 0.648. The van der Waals surface area contributed by atoms with E-state index in [1.54, 1.807) is 57.8 Å². The minimum Gasteiger partial charge on any atom is -0.0596 e. The van der Waals surface area contributed by atoms with E-state index in [1.807, 2.05) is 0 Å². The molecule has 0 radical (unpaired) electrons. The van der Waals surface area contributed by atoms with Crippen molar-refractivity contribution in [2.24, 2.45) is 40.9 Å². The molecule has 6 atom stereocenters. The fourth-order valence-corrected chi connectivity index (χ4v) is 6.66. The molecule has 0 saturated heterocycles. The average Bonchev–Trinajstić information content (AvgIpc) is 3.08. The summed E-state index contributed by atoms with van der Waals surface area (Å²) in [5, 5.41) is 0. The number of hydrogen-bond acceptors (Lipinski definition) is 0. The van der Waals surface area contributed by atoms with Gasteiger partial charge in [0.05, 0.1) is 0 Å². The molecule has 4 aliphatic carbocycles. The van der Waals surface area contributed by atoms with E-state index in [4.69, 9.17) is 0 Å². The highest BCUT2D eigenvalue weighted by Gasteiger charge is 2.49. The molecule has 0 heteroatoms. The Morgan fingerprint density at radius 2 is 1.44 bits per heavy atom. The van der Waals surface area contributed by atoms with E-state index in [-0.39, 0.29) is 0 Å². The van der Waals surface area contributed by atoms with Crippen molar-refractivity contribution in [3.05, 3.63) is 0 Å². The normalized spacial score (nSPS) is 50.3. The van der Waals surface area contributed by atoms with Gasteiger partial charge in [-0.15, -0.1) is 0 Å². The Hall–Kier alpha value is 0. The first-order valence-electron chi connectivity index (χ1n) is 8.62. The summed E-state index contributed by atoms with van der Waals surface area (Å²) in [6.45, 7) is 5.23. The Bertz CT molecular complexity index is 329. The van der Waals surface area contributed by atoms with Crippen molar-refractivity contribution >= 4 is 0 Å². The second-order valence-electron chi connectivity index (χ2n) is 8.91. The Kier molecular flexibility index (Phi) is 2.62. The van der Waals surface area contributed by atoms with Crippen molar-refractivity contribution in [2.75, 3.05) is 0 Å². The lowest BCUT2D eigenvalue weighted by Gasteiger charge is -2.41. The molecule has 4 bridgehead atoms. The van der Waals surface area contributed by atoms with E-state index in [2.05, 4.69) is 13.8 Å². The zero-order valence-corrected chi connectivity index (χ0v) is 12.3. The van der Waals surface area contributed by atoms with Crippen LogP contribution in [0.2, 0.25) is 0 Å². The molecule has 18 heavy (non-hydrogen) atoms. The van der Waals surface area contributed by atoms with Gasteiger partial charge in [0.25, 0.3) is 0 Å². The molecular formula is C18H30. The van der Waals surface area contributed by atoms with Crippen LogP contribution in [-0.4, -0.2) is 0 Å². The van der Waals surface area contributed by atoms with Gasteiger partial charge < -0.3 is 0 Å². The molecule has 0 aromatic carbocycles. The predicted octanol–water partition coefficient (Wildman–Crippen LogP) is 5.28. The molecule has 0 aliphatic heterocycles. The van der Waals surface area contributed by atoms with Gasteiger partial charge in [0, 0.05) is 0 Å². The summed E-state index contributed by atoms with van der Waals surface area (Å²) in [4.78, 5) is 0. The van der Waals surface area contributed by atoms with Crippen molar-refractivity contribution in [1.29, 1.82) is 0 Å². The smallest absolute Gasteiger partial charge is 0.0320 e. The van der Waals surface area contributed by atoms with Crippen LogP contribution in [-0.2, 0) is 0 Å². The quantitative estimate of drug-likeness (QED) is 0.636. The van der Waals surface area contributed by atoms with Gasteiger partial charge in [-0.2, -0.15) is 0 Å². The topological polar surface area (TPSA) is 0 Å². The summed E-state index contributed by atoms with van der Waals surface area (Å²) in [5.74, 6) is 6.69. The predicted molar refractivity (Wildman–Crippen MR) is 76.3 cm³/mol. The Labute approximate surface area is 113 Å². The molecule has 102 valence electrons. The monoisotopic (exact) mass is 246 g/mol. The molecule has 0 heterocycles. The van der Waals surface area contributed by atoms with Crippen LogP contribution in [0, 0.1) is 40.9 Å². The van der Waals surface area contributed by atoms with Gasteiger partial charge in [-0.25, -0.2) is 0 Å². The summed E-state index contributed by atoms with van der Waals surface area (Å²) in [6, 6.07) is 0. The third-order valence-electron chi connectivity index (χ3n) is 7.41. The highest BCUT2D eigenvalue weighted by molar-refractivity contribution is 4.99. The summed E-state index contributed by atoms with van der Waals surface area (Å²) in [5.41, 5.74) is 0.648. The summed E-state index contributed by atoms with van der Waals surface area (Å²) in [7, 11) is 0. The van der Waals surface area contributed by atoms with Gasteiger partial charge in [-0.05, 0) is 85.9 Å². The van der Waals surface area contributed by atoms with Gasteiger partial charge in [0.1, 0.15) is 0 Å². The van der Waals surface area contributed by atoms with Crippen LogP contribution in [0.3, 0.4) is 0 Å². The third kappa shape index (κ3) is 1.78. The first-order chi connectivity index (χ1) is 8.62. The molecule has 0 spiro atoms. The van der Waals surface area contributed by atoms with Crippen molar-refractivity contribution in [3.63, 3.8) is 0 Å². The van der Waals surface area contributed by atoms with Gasteiger partial charge >= 0.3 is 0 Å².